The van der Waals surface area contributed by atoms with Gasteiger partial charge in [0.2, 0.25) is 17.0 Å². The van der Waals surface area contributed by atoms with Crippen LogP contribution in [-0.4, -0.2) is 50.9 Å². The minimum absolute atomic E-state index is 0.151. The molecule has 0 unspecified atom stereocenters. The van der Waals surface area contributed by atoms with Crippen LogP contribution in [0.4, 0.5) is 23.2 Å². The van der Waals surface area contributed by atoms with Crippen molar-refractivity contribution in [2.45, 2.75) is 11.3 Å². The monoisotopic (exact) mass is 482 g/mol. The minimum atomic E-state index is -4.63. The molecule has 2 amide bonds. The molecule has 0 bridgehead atoms. The summed E-state index contributed by atoms with van der Waals surface area (Å²) in [6, 6.07) is 10.00. The van der Waals surface area contributed by atoms with Crippen molar-refractivity contribution in [2.75, 3.05) is 30.5 Å². The fraction of sp³-hybridized carbons (Fsp3) is 0.200. The fourth-order valence-corrected chi connectivity index (χ4v) is 3.54. The summed E-state index contributed by atoms with van der Waals surface area (Å²) in [6.45, 7) is -0.457. The highest BCUT2D eigenvalue weighted by atomic mass is 32.2. The van der Waals surface area contributed by atoms with E-state index in [0.29, 0.717) is 5.56 Å². The van der Waals surface area contributed by atoms with Crippen LogP contribution in [0.2, 0.25) is 0 Å². The number of para-hydroxylation sites is 1. The fourth-order valence-electron chi connectivity index (χ4n) is 2.74. The first-order valence-electron chi connectivity index (χ1n) is 9.35. The van der Waals surface area contributed by atoms with E-state index in [2.05, 4.69) is 15.5 Å². The average Bonchev–Trinajstić information content (AvgIpc) is 3.12. The number of likely N-dealkylation sites (N-methyl/N-ethyl adjacent to an activating group) is 1. The number of aromatic nitrogens is 3. The standard InChI is InChI=1S/C20H18F4N6O2S/c1-29(10-16(31)26-15-5-3-2-4-14(15)20(22,23)24)17(32)11-33-19-28-27-18(30(19)25)12-6-8-13(21)9-7-12/h2-9H,10-11,25H2,1H3,(H,26,31). The molecular formula is C20H18F4N6O2S. The number of nitrogens with one attached hydrogen (secondary N) is 1. The summed E-state index contributed by atoms with van der Waals surface area (Å²) in [5, 5.41) is 10.2. The maximum absolute atomic E-state index is 13.1. The van der Waals surface area contributed by atoms with Gasteiger partial charge in [0.25, 0.3) is 0 Å². The lowest BCUT2D eigenvalue weighted by atomic mass is 10.1. The van der Waals surface area contributed by atoms with E-state index in [0.717, 1.165) is 33.5 Å². The number of carbonyl (C=O) groups excluding carboxylic acids is 2. The molecule has 13 heteroatoms. The second-order valence-electron chi connectivity index (χ2n) is 6.81. The second-order valence-corrected chi connectivity index (χ2v) is 7.76. The van der Waals surface area contributed by atoms with Gasteiger partial charge in [-0.05, 0) is 36.4 Å². The Hall–Kier alpha value is -3.61. The van der Waals surface area contributed by atoms with E-state index < -0.39 is 41.6 Å². The van der Waals surface area contributed by atoms with Gasteiger partial charge in [-0.1, -0.05) is 23.9 Å². The van der Waals surface area contributed by atoms with Gasteiger partial charge in [0.1, 0.15) is 5.82 Å². The lowest BCUT2D eigenvalue weighted by Crippen LogP contribution is -2.36. The molecule has 33 heavy (non-hydrogen) atoms. The lowest BCUT2D eigenvalue weighted by molar-refractivity contribution is -0.137. The van der Waals surface area contributed by atoms with Gasteiger partial charge in [0.15, 0.2) is 5.82 Å². The van der Waals surface area contributed by atoms with E-state index in [1.165, 1.54) is 43.4 Å². The van der Waals surface area contributed by atoms with Crippen LogP contribution in [0, 0.1) is 5.82 Å². The van der Waals surface area contributed by atoms with Crippen molar-refractivity contribution in [2.24, 2.45) is 0 Å². The van der Waals surface area contributed by atoms with Gasteiger partial charge < -0.3 is 16.1 Å². The number of hydrogen-bond donors (Lipinski definition) is 2. The molecule has 0 atom stereocenters. The molecule has 2 aromatic carbocycles. The Bertz CT molecular complexity index is 1150. The molecule has 3 aromatic rings. The SMILES string of the molecule is CN(CC(=O)Nc1ccccc1C(F)(F)F)C(=O)CSc1nnc(-c2ccc(F)cc2)n1N. The Morgan fingerprint density at radius 1 is 1.12 bits per heavy atom. The number of rotatable bonds is 7. The first-order valence-corrected chi connectivity index (χ1v) is 10.3. The topological polar surface area (TPSA) is 106 Å². The molecule has 0 fully saturated rings. The van der Waals surface area contributed by atoms with E-state index in [4.69, 9.17) is 5.84 Å². The summed E-state index contributed by atoms with van der Waals surface area (Å²) < 4.78 is 53.4. The molecular weight excluding hydrogens is 464 g/mol. The predicted molar refractivity (Wildman–Crippen MR) is 114 cm³/mol. The van der Waals surface area contributed by atoms with E-state index >= 15 is 0 Å². The quantitative estimate of drug-likeness (QED) is 0.305. The number of nitrogens with zero attached hydrogens (tertiary/aromatic N) is 4. The third kappa shape index (κ3) is 6.00. The van der Waals surface area contributed by atoms with Gasteiger partial charge in [-0.2, -0.15) is 13.2 Å². The van der Waals surface area contributed by atoms with Crippen LogP contribution in [0.15, 0.2) is 53.7 Å². The summed E-state index contributed by atoms with van der Waals surface area (Å²) in [5.74, 6) is 4.38. The van der Waals surface area contributed by atoms with Crippen LogP contribution in [0.5, 0.6) is 0 Å². The zero-order valence-electron chi connectivity index (χ0n) is 17.1. The number of nitrogen functional groups attached to an aromatic ring is 1. The molecule has 0 aliphatic carbocycles. The molecule has 174 valence electrons. The number of halogens is 4. The van der Waals surface area contributed by atoms with Crippen LogP contribution in [-0.2, 0) is 15.8 Å². The largest absolute Gasteiger partial charge is 0.418 e. The summed E-state index contributed by atoms with van der Waals surface area (Å²) in [7, 11) is 1.34. The molecule has 1 heterocycles. The third-order valence-electron chi connectivity index (χ3n) is 4.40. The van der Waals surface area contributed by atoms with Gasteiger partial charge in [0.05, 0.1) is 23.5 Å². The zero-order valence-corrected chi connectivity index (χ0v) is 18.0. The van der Waals surface area contributed by atoms with Crippen LogP contribution in [0.1, 0.15) is 5.56 Å². The number of benzene rings is 2. The van der Waals surface area contributed by atoms with Crippen molar-refractivity contribution in [1.82, 2.24) is 19.8 Å². The van der Waals surface area contributed by atoms with Crippen molar-refractivity contribution < 1.29 is 27.2 Å². The molecule has 1 aromatic heterocycles. The number of amides is 2. The number of carbonyl (C=O) groups is 2. The average molecular weight is 482 g/mol. The molecule has 0 saturated heterocycles. The predicted octanol–water partition coefficient (Wildman–Crippen LogP) is 3.01. The highest BCUT2D eigenvalue weighted by Crippen LogP contribution is 2.34. The second kappa shape index (κ2) is 9.90. The van der Waals surface area contributed by atoms with Gasteiger partial charge in [-0.25, -0.2) is 9.07 Å². The van der Waals surface area contributed by atoms with E-state index in [9.17, 15) is 27.2 Å². The molecule has 3 rings (SSSR count). The van der Waals surface area contributed by atoms with Crippen LogP contribution >= 0.6 is 11.8 Å². The summed E-state index contributed by atoms with van der Waals surface area (Å²) in [4.78, 5) is 25.6. The Labute approximate surface area is 189 Å². The molecule has 0 spiro atoms. The number of nitrogens with two attached hydrogens (primary N) is 1. The summed E-state index contributed by atoms with van der Waals surface area (Å²) in [5.41, 5.74) is -0.852. The first-order chi connectivity index (χ1) is 15.6. The van der Waals surface area contributed by atoms with Crippen LogP contribution in [0.25, 0.3) is 11.4 Å². The van der Waals surface area contributed by atoms with Gasteiger partial charge in [-0.15, -0.1) is 10.2 Å². The summed E-state index contributed by atoms with van der Waals surface area (Å²) in [6.07, 6.45) is -4.63. The van der Waals surface area contributed by atoms with Crippen molar-refractivity contribution in [3.8, 4) is 11.4 Å². The Morgan fingerprint density at radius 2 is 1.79 bits per heavy atom. The third-order valence-corrected chi connectivity index (χ3v) is 5.33. The Balaban J connectivity index is 1.56. The van der Waals surface area contributed by atoms with E-state index in [1.807, 2.05) is 0 Å². The normalized spacial score (nSPS) is 11.3. The number of thioether (sulfide) groups is 1. The van der Waals surface area contributed by atoms with E-state index in [-0.39, 0.29) is 16.7 Å². The maximum Gasteiger partial charge on any atom is 0.418 e. The molecule has 0 aliphatic rings. The number of hydrogen-bond acceptors (Lipinski definition) is 6. The lowest BCUT2D eigenvalue weighted by Gasteiger charge is -2.18. The van der Waals surface area contributed by atoms with Crippen molar-refractivity contribution >= 4 is 29.3 Å². The van der Waals surface area contributed by atoms with Crippen molar-refractivity contribution in [3.05, 3.63) is 59.9 Å². The van der Waals surface area contributed by atoms with Crippen molar-refractivity contribution in [1.29, 1.82) is 0 Å². The highest BCUT2D eigenvalue weighted by molar-refractivity contribution is 7.99. The summed E-state index contributed by atoms with van der Waals surface area (Å²) >= 11 is 0.958. The van der Waals surface area contributed by atoms with Crippen LogP contribution < -0.4 is 11.2 Å². The molecule has 0 saturated carbocycles. The smallest absolute Gasteiger partial charge is 0.336 e. The highest BCUT2D eigenvalue weighted by Gasteiger charge is 2.33. The van der Waals surface area contributed by atoms with Crippen molar-refractivity contribution in [3.63, 3.8) is 0 Å². The molecule has 3 N–H and O–H groups in total. The van der Waals surface area contributed by atoms with E-state index in [1.54, 1.807) is 0 Å². The van der Waals surface area contributed by atoms with Gasteiger partial charge >= 0.3 is 6.18 Å². The van der Waals surface area contributed by atoms with Gasteiger partial charge in [-0.3, -0.25) is 9.59 Å². The minimum Gasteiger partial charge on any atom is -0.336 e. The Kier molecular flexibility index (Phi) is 7.21. The number of anilines is 1. The number of alkyl halides is 3. The first kappa shape index (κ1) is 24.0. The van der Waals surface area contributed by atoms with Gasteiger partial charge in [0, 0.05) is 12.6 Å². The van der Waals surface area contributed by atoms with Crippen LogP contribution in [0.3, 0.4) is 0 Å². The molecule has 8 nitrogen and oxygen atoms in total. The maximum atomic E-state index is 13.1. The molecule has 0 radical (unpaired) electrons. The Morgan fingerprint density at radius 3 is 2.45 bits per heavy atom. The molecule has 0 aliphatic heterocycles. The zero-order chi connectivity index (χ0) is 24.2.